The average molecular weight is 553 g/mol. The van der Waals surface area contributed by atoms with E-state index in [1.807, 2.05) is 13.0 Å². The molecule has 3 heterocycles. The molecule has 0 bridgehead atoms. The van der Waals surface area contributed by atoms with Crippen LogP contribution in [-0.4, -0.2) is 55.4 Å². The van der Waals surface area contributed by atoms with Crippen LogP contribution in [0.2, 0.25) is 0 Å². The molecule has 2 aliphatic rings. The third kappa shape index (κ3) is 5.97. The summed E-state index contributed by atoms with van der Waals surface area (Å²) in [5, 5.41) is 7.64. The number of hydrogen-bond donors (Lipinski definition) is 2. The molecule has 2 aromatic carbocycles. The van der Waals surface area contributed by atoms with Crippen molar-refractivity contribution in [3.05, 3.63) is 72.6 Å². The van der Waals surface area contributed by atoms with Gasteiger partial charge in [-0.05, 0) is 36.8 Å². The number of methoxy groups -OCH3 is 1. The van der Waals surface area contributed by atoms with Crippen LogP contribution >= 0.6 is 0 Å². The van der Waals surface area contributed by atoms with Crippen molar-refractivity contribution in [2.45, 2.75) is 25.5 Å². The van der Waals surface area contributed by atoms with Crippen molar-refractivity contribution in [1.29, 1.82) is 0 Å². The predicted octanol–water partition coefficient (Wildman–Crippen LogP) is 4.74. The number of nitrogens with one attached hydrogen (secondary N) is 2. The summed E-state index contributed by atoms with van der Waals surface area (Å²) < 4.78 is 39.2. The standard InChI is InChI=1S/C28H30F2N6O4/c1-4-28(37)34-21-12-22(25(38-3)13-24(21)35-6-8-39-17(2)15-35)33-26-14-27(32-16-31-26)36-23(5-7-40-36)18-9-19(29)11-20(30)10-18/h4,9-14,16-17,23H,1,5-8,15H2,2-3H3,(H,34,37)(H,31,32,33). The van der Waals surface area contributed by atoms with Crippen molar-refractivity contribution >= 4 is 34.6 Å². The minimum Gasteiger partial charge on any atom is -0.494 e. The molecule has 2 aliphatic heterocycles. The number of amides is 1. The highest BCUT2D eigenvalue weighted by molar-refractivity contribution is 6.02. The highest BCUT2D eigenvalue weighted by Gasteiger charge is 2.30. The number of carbonyl (C=O) groups is 1. The zero-order valence-electron chi connectivity index (χ0n) is 22.2. The Bertz CT molecular complexity index is 1390. The summed E-state index contributed by atoms with van der Waals surface area (Å²) in [5.41, 5.74) is 2.34. The molecule has 2 fully saturated rings. The summed E-state index contributed by atoms with van der Waals surface area (Å²) in [5.74, 6) is -0.327. The molecule has 3 aromatic rings. The number of benzene rings is 2. The first-order chi connectivity index (χ1) is 19.3. The average Bonchev–Trinajstić information content (AvgIpc) is 3.43. The van der Waals surface area contributed by atoms with Crippen LogP contribution in [0.1, 0.15) is 24.9 Å². The summed E-state index contributed by atoms with van der Waals surface area (Å²) in [6.07, 6.45) is 3.12. The van der Waals surface area contributed by atoms with E-state index in [-0.39, 0.29) is 12.0 Å². The van der Waals surface area contributed by atoms with Gasteiger partial charge in [0.15, 0.2) is 5.82 Å². The third-order valence-corrected chi connectivity index (χ3v) is 6.66. The lowest BCUT2D eigenvalue weighted by Gasteiger charge is -2.34. The van der Waals surface area contributed by atoms with Gasteiger partial charge in [-0.3, -0.25) is 9.63 Å². The molecule has 0 spiro atoms. The maximum absolute atomic E-state index is 13.9. The zero-order valence-corrected chi connectivity index (χ0v) is 22.2. The van der Waals surface area contributed by atoms with E-state index in [0.717, 1.165) is 11.8 Å². The fourth-order valence-corrected chi connectivity index (χ4v) is 4.86. The number of hydroxylamine groups is 1. The third-order valence-electron chi connectivity index (χ3n) is 6.66. The van der Waals surface area contributed by atoms with E-state index in [4.69, 9.17) is 14.3 Å². The Morgan fingerprint density at radius 2 is 1.93 bits per heavy atom. The van der Waals surface area contributed by atoms with Crippen molar-refractivity contribution in [2.75, 3.05) is 54.0 Å². The van der Waals surface area contributed by atoms with E-state index in [1.165, 1.54) is 29.6 Å². The molecule has 1 amide bonds. The summed E-state index contributed by atoms with van der Waals surface area (Å²) in [6, 6.07) is 8.25. The molecular weight excluding hydrogens is 522 g/mol. The molecule has 2 atom stereocenters. The van der Waals surface area contributed by atoms with Gasteiger partial charge in [0.25, 0.3) is 0 Å². The number of halogens is 2. The lowest BCUT2D eigenvalue weighted by molar-refractivity contribution is -0.111. The van der Waals surface area contributed by atoms with Gasteiger partial charge in [-0.25, -0.2) is 23.8 Å². The van der Waals surface area contributed by atoms with E-state index in [2.05, 4.69) is 32.1 Å². The van der Waals surface area contributed by atoms with E-state index >= 15 is 0 Å². The first-order valence-corrected chi connectivity index (χ1v) is 12.8. The number of hydrogen-bond acceptors (Lipinski definition) is 9. The first-order valence-electron chi connectivity index (χ1n) is 12.8. The van der Waals surface area contributed by atoms with Gasteiger partial charge in [-0.15, -0.1) is 0 Å². The second-order valence-corrected chi connectivity index (χ2v) is 9.44. The minimum atomic E-state index is -0.659. The Morgan fingerprint density at radius 3 is 2.65 bits per heavy atom. The van der Waals surface area contributed by atoms with Crippen LogP contribution in [0.25, 0.3) is 0 Å². The molecule has 2 saturated heterocycles. The number of anilines is 5. The van der Waals surface area contributed by atoms with E-state index in [1.54, 1.807) is 19.2 Å². The molecule has 2 N–H and O–H groups in total. The van der Waals surface area contributed by atoms with Gasteiger partial charge in [-0.2, -0.15) is 0 Å². The van der Waals surface area contributed by atoms with E-state index in [0.29, 0.717) is 67.0 Å². The van der Waals surface area contributed by atoms with E-state index < -0.39 is 17.7 Å². The molecule has 1 aromatic heterocycles. The number of morpholine rings is 1. The monoisotopic (exact) mass is 552 g/mol. The largest absolute Gasteiger partial charge is 0.494 e. The van der Waals surface area contributed by atoms with Gasteiger partial charge in [0.1, 0.15) is 29.5 Å². The van der Waals surface area contributed by atoms with Crippen molar-refractivity contribution in [3.8, 4) is 5.75 Å². The number of aromatic nitrogens is 2. The van der Waals surface area contributed by atoms with Crippen LogP contribution in [0.3, 0.4) is 0 Å². The van der Waals surface area contributed by atoms with Crippen LogP contribution in [0.4, 0.5) is 37.5 Å². The molecule has 5 rings (SSSR count). The Morgan fingerprint density at radius 1 is 1.12 bits per heavy atom. The molecule has 10 nitrogen and oxygen atoms in total. The van der Waals surface area contributed by atoms with Crippen LogP contribution in [0, 0.1) is 11.6 Å². The van der Waals surface area contributed by atoms with Crippen LogP contribution in [0.15, 0.2) is 55.4 Å². The van der Waals surface area contributed by atoms with Gasteiger partial charge < -0.3 is 25.0 Å². The van der Waals surface area contributed by atoms with Crippen molar-refractivity contribution < 1.29 is 27.9 Å². The molecule has 40 heavy (non-hydrogen) atoms. The SMILES string of the molecule is C=CC(=O)Nc1cc(Nc2cc(N3OCCC3c3cc(F)cc(F)c3)ncn2)c(OC)cc1N1CCOC(C)C1. The lowest BCUT2D eigenvalue weighted by atomic mass is 10.0. The molecule has 2 unspecified atom stereocenters. The van der Waals surface area contributed by atoms with Crippen LogP contribution in [-0.2, 0) is 14.4 Å². The Balaban J connectivity index is 1.45. The van der Waals surface area contributed by atoms with Gasteiger partial charge in [0.05, 0.1) is 49.5 Å². The number of rotatable bonds is 8. The smallest absolute Gasteiger partial charge is 0.247 e. The summed E-state index contributed by atoms with van der Waals surface area (Å²) in [7, 11) is 1.56. The fraction of sp³-hybridized carbons (Fsp3) is 0.321. The number of ether oxygens (including phenoxy) is 2. The van der Waals surface area contributed by atoms with Gasteiger partial charge >= 0.3 is 0 Å². The van der Waals surface area contributed by atoms with Crippen molar-refractivity contribution in [2.24, 2.45) is 0 Å². The summed E-state index contributed by atoms with van der Waals surface area (Å²) in [6.45, 7) is 7.77. The Kier molecular flexibility index (Phi) is 8.08. The topological polar surface area (TPSA) is 101 Å². The van der Waals surface area contributed by atoms with Gasteiger partial charge in [-0.1, -0.05) is 6.58 Å². The highest BCUT2D eigenvalue weighted by atomic mass is 19.1. The molecular formula is C28H30F2N6O4. The first kappa shape index (κ1) is 27.3. The van der Waals surface area contributed by atoms with Gasteiger partial charge in [0, 0.05) is 37.7 Å². The Hall–Kier alpha value is -4.29. The summed E-state index contributed by atoms with van der Waals surface area (Å²) in [4.78, 5) is 28.8. The Labute approximate surface area is 230 Å². The van der Waals surface area contributed by atoms with Crippen molar-refractivity contribution in [1.82, 2.24) is 9.97 Å². The number of carbonyl (C=O) groups excluding carboxylic acids is 1. The van der Waals surface area contributed by atoms with Gasteiger partial charge in [0.2, 0.25) is 5.91 Å². The maximum Gasteiger partial charge on any atom is 0.247 e. The highest BCUT2D eigenvalue weighted by Crippen LogP contribution is 2.40. The minimum absolute atomic E-state index is 0.0282. The van der Waals surface area contributed by atoms with Crippen molar-refractivity contribution in [3.63, 3.8) is 0 Å². The normalized spacial score (nSPS) is 18.9. The molecule has 210 valence electrons. The zero-order chi connectivity index (χ0) is 28.2. The molecule has 0 saturated carbocycles. The second kappa shape index (κ2) is 11.8. The fourth-order valence-electron chi connectivity index (χ4n) is 4.86. The summed E-state index contributed by atoms with van der Waals surface area (Å²) >= 11 is 0. The maximum atomic E-state index is 13.9. The lowest BCUT2D eigenvalue weighted by Crippen LogP contribution is -2.41. The van der Waals surface area contributed by atoms with Crippen LogP contribution in [0.5, 0.6) is 5.75 Å². The number of nitrogens with zero attached hydrogens (tertiary/aromatic N) is 4. The molecule has 0 aliphatic carbocycles. The molecule has 12 heteroatoms. The van der Waals surface area contributed by atoms with E-state index in [9.17, 15) is 13.6 Å². The second-order valence-electron chi connectivity index (χ2n) is 9.44. The molecule has 0 radical (unpaired) electrons. The predicted molar refractivity (Wildman–Crippen MR) is 147 cm³/mol. The quantitative estimate of drug-likeness (QED) is 0.384. The van der Waals surface area contributed by atoms with Crippen LogP contribution < -0.4 is 25.3 Å².